The van der Waals surface area contributed by atoms with Gasteiger partial charge in [-0.25, -0.2) is 9.97 Å². The van der Waals surface area contributed by atoms with Crippen LogP contribution in [0.25, 0.3) is 114 Å². The number of rotatable bonds is 3. The lowest BCUT2D eigenvalue weighted by Gasteiger charge is -2.23. The highest BCUT2D eigenvalue weighted by atomic mass is 32.1. The molecule has 4 heteroatoms. The molecule has 0 fully saturated rings. The Balaban J connectivity index is 1.28. The number of hydrogen-bond donors (Lipinski definition) is 0. The van der Waals surface area contributed by atoms with Crippen LogP contribution in [0.1, 0.15) is 25.1 Å². The van der Waals surface area contributed by atoms with Gasteiger partial charge in [-0.3, -0.25) is 4.57 Å². The Bertz CT molecular complexity index is 3740. The highest BCUT2D eigenvalue weighted by Crippen LogP contribution is 2.55. The number of aromatic nitrogens is 3. The van der Waals surface area contributed by atoms with Gasteiger partial charge in [0.25, 0.3) is 0 Å². The fraction of sp³-hybridized carbons (Fsp3) is 0.0545. The van der Waals surface area contributed by atoms with E-state index in [9.17, 15) is 0 Å². The molecule has 0 amide bonds. The minimum absolute atomic E-state index is 0.386. The average Bonchev–Trinajstić information content (AvgIpc) is 3.92. The zero-order valence-electron chi connectivity index (χ0n) is 32.5. The number of nitrogens with zero attached hydrogens (tertiary/aromatic N) is 3. The largest absolute Gasteiger partial charge is 0.292 e. The van der Waals surface area contributed by atoms with Crippen LogP contribution in [0.15, 0.2) is 176 Å². The van der Waals surface area contributed by atoms with E-state index in [1.807, 2.05) is 11.3 Å². The van der Waals surface area contributed by atoms with Crippen LogP contribution in [0.3, 0.4) is 0 Å². The molecule has 0 bridgehead atoms. The Labute approximate surface area is 344 Å². The summed E-state index contributed by atoms with van der Waals surface area (Å²) in [5, 5.41) is 12.6. The van der Waals surface area contributed by atoms with Gasteiger partial charge < -0.3 is 0 Å². The number of thiophene rings is 1. The lowest BCUT2D eigenvalue weighted by Crippen LogP contribution is -2.18. The van der Waals surface area contributed by atoms with E-state index in [-0.39, 0.29) is 5.41 Å². The third-order valence-electron chi connectivity index (χ3n) is 12.9. The van der Waals surface area contributed by atoms with Gasteiger partial charge in [-0.1, -0.05) is 166 Å². The molecule has 0 atom stereocenters. The van der Waals surface area contributed by atoms with Crippen LogP contribution in [0.5, 0.6) is 0 Å². The standard InChI is InChI=1S/C55H35N3S/c1-55(2)50-36-20-10-9-17-33(36)25-27-40(50)49-52(55)56-53(34-18-7-4-8-19-34)57-54(49)58-43-29-26-35(32-15-5-3-6-16-32)31-42(43)47-38-22-12-11-21-37(38)46-41(51(47)58)28-30-45-48(46)39-23-13-14-24-44(39)59-45/h3-31H,1-2H3. The van der Waals surface area contributed by atoms with Crippen molar-refractivity contribution in [2.24, 2.45) is 0 Å². The second-order valence-corrected chi connectivity index (χ2v) is 17.5. The summed E-state index contributed by atoms with van der Waals surface area (Å²) in [4.78, 5) is 11.3. The Morgan fingerprint density at radius 1 is 0.475 bits per heavy atom. The molecule has 3 aromatic heterocycles. The van der Waals surface area contributed by atoms with E-state index in [1.165, 1.54) is 91.0 Å². The molecule has 12 aromatic rings. The molecule has 0 saturated heterocycles. The number of fused-ring (bicyclic) bond motifs is 17. The van der Waals surface area contributed by atoms with Crippen molar-refractivity contribution in [2.45, 2.75) is 19.3 Å². The number of hydrogen-bond acceptors (Lipinski definition) is 3. The Morgan fingerprint density at radius 3 is 1.95 bits per heavy atom. The highest BCUT2D eigenvalue weighted by molar-refractivity contribution is 7.26. The van der Waals surface area contributed by atoms with Crippen molar-refractivity contribution in [3.63, 3.8) is 0 Å². The quantitative estimate of drug-likeness (QED) is 0.168. The summed E-state index contributed by atoms with van der Waals surface area (Å²) in [7, 11) is 0. The summed E-state index contributed by atoms with van der Waals surface area (Å²) in [5.41, 5.74) is 9.96. The molecule has 59 heavy (non-hydrogen) atoms. The minimum Gasteiger partial charge on any atom is -0.292 e. The Hall–Kier alpha value is -7.14. The molecular weight excluding hydrogens is 735 g/mol. The summed E-state index contributed by atoms with van der Waals surface area (Å²) in [6.07, 6.45) is 0. The van der Waals surface area contributed by atoms with Crippen LogP contribution < -0.4 is 0 Å². The first-order chi connectivity index (χ1) is 29.0. The summed E-state index contributed by atoms with van der Waals surface area (Å²) in [6, 6.07) is 64.3. The third-order valence-corrected chi connectivity index (χ3v) is 14.0. The van der Waals surface area contributed by atoms with Gasteiger partial charge in [0.05, 0.1) is 16.7 Å². The topological polar surface area (TPSA) is 30.7 Å². The fourth-order valence-corrected chi connectivity index (χ4v) is 11.5. The van der Waals surface area contributed by atoms with Crippen molar-refractivity contribution in [1.29, 1.82) is 0 Å². The van der Waals surface area contributed by atoms with E-state index in [0.717, 1.165) is 34.0 Å². The summed E-state index contributed by atoms with van der Waals surface area (Å²) in [6.45, 7) is 4.68. The molecule has 9 aromatic carbocycles. The third kappa shape index (κ3) is 4.47. The zero-order valence-corrected chi connectivity index (χ0v) is 33.3. The van der Waals surface area contributed by atoms with Crippen LogP contribution in [0.2, 0.25) is 0 Å². The average molecular weight is 770 g/mol. The van der Waals surface area contributed by atoms with Gasteiger partial charge >= 0.3 is 0 Å². The van der Waals surface area contributed by atoms with E-state index in [4.69, 9.17) is 9.97 Å². The summed E-state index contributed by atoms with van der Waals surface area (Å²) >= 11 is 1.88. The van der Waals surface area contributed by atoms with Gasteiger partial charge in [-0.2, -0.15) is 0 Å². The maximum Gasteiger partial charge on any atom is 0.161 e. The number of benzene rings is 9. The Kier molecular flexibility index (Phi) is 6.66. The molecule has 0 radical (unpaired) electrons. The van der Waals surface area contributed by atoms with Crippen molar-refractivity contribution >= 4 is 85.6 Å². The van der Waals surface area contributed by atoms with Gasteiger partial charge in [0.15, 0.2) is 5.82 Å². The van der Waals surface area contributed by atoms with E-state index < -0.39 is 0 Å². The first-order valence-electron chi connectivity index (χ1n) is 20.3. The molecular formula is C55H35N3S. The molecule has 0 saturated carbocycles. The predicted octanol–water partition coefficient (Wildman–Crippen LogP) is 15.0. The van der Waals surface area contributed by atoms with Crippen LogP contribution in [-0.2, 0) is 5.41 Å². The molecule has 0 N–H and O–H groups in total. The van der Waals surface area contributed by atoms with Crippen LogP contribution in [0, 0.1) is 0 Å². The molecule has 0 spiro atoms. The molecule has 276 valence electrons. The van der Waals surface area contributed by atoms with Gasteiger partial charge in [0, 0.05) is 58.3 Å². The van der Waals surface area contributed by atoms with Gasteiger partial charge in [-0.05, 0) is 68.1 Å². The monoisotopic (exact) mass is 769 g/mol. The van der Waals surface area contributed by atoms with Crippen LogP contribution in [0.4, 0.5) is 0 Å². The van der Waals surface area contributed by atoms with E-state index in [0.29, 0.717) is 0 Å². The summed E-state index contributed by atoms with van der Waals surface area (Å²) in [5.74, 6) is 1.65. The molecule has 13 rings (SSSR count). The van der Waals surface area contributed by atoms with Crippen molar-refractivity contribution in [2.75, 3.05) is 0 Å². The van der Waals surface area contributed by atoms with Crippen molar-refractivity contribution in [3.05, 3.63) is 187 Å². The minimum atomic E-state index is -0.386. The smallest absolute Gasteiger partial charge is 0.161 e. The predicted molar refractivity (Wildman–Crippen MR) is 250 cm³/mol. The van der Waals surface area contributed by atoms with Crippen molar-refractivity contribution in [3.8, 4) is 39.5 Å². The van der Waals surface area contributed by atoms with Crippen molar-refractivity contribution in [1.82, 2.24) is 14.5 Å². The second-order valence-electron chi connectivity index (χ2n) is 16.5. The molecule has 1 aliphatic rings. The van der Waals surface area contributed by atoms with Gasteiger partial charge in [0.2, 0.25) is 0 Å². The second kappa shape index (κ2) is 12.0. The highest BCUT2D eigenvalue weighted by Gasteiger charge is 2.42. The lowest BCUT2D eigenvalue weighted by atomic mass is 9.82. The first-order valence-corrected chi connectivity index (χ1v) is 21.2. The van der Waals surface area contributed by atoms with E-state index >= 15 is 0 Å². The molecule has 0 aliphatic heterocycles. The maximum absolute atomic E-state index is 5.73. The van der Waals surface area contributed by atoms with Crippen LogP contribution >= 0.6 is 11.3 Å². The SMILES string of the molecule is CC1(C)c2nc(-c3ccccc3)nc(-n3c4ccc(-c5ccccc5)cc4c4c5ccccc5c5c(ccc6sc7ccccc7c65)c43)c2-c2ccc3ccccc3c21. The normalized spacial score (nSPS) is 13.4. The van der Waals surface area contributed by atoms with Gasteiger partial charge in [0.1, 0.15) is 5.82 Å². The van der Waals surface area contributed by atoms with Crippen molar-refractivity contribution < 1.29 is 0 Å². The van der Waals surface area contributed by atoms with E-state index in [2.05, 4.69) is 194 Å². The Morgan fingerprint density at radius 2 is 1.15 bits per heavy atom. The lowest BCUT2D eigenvalue weighted by molar-refractivity contribution is 0.640. The van der Waals surface area contributed by atoms with E-state index in [1.54, 1.807) is 0 Å². The molecule has 3 heterocycles. The van der Waals surface area contributed by atoms with Crippen LogP contribution in [-0.4, -0.2) is 14.5 Å². The zero-order chi connectivity index (χ0) is 39.0. The molecule has 3 nitrogen and oxygen atoms in total. The maximum atomic E-state index is 5.73. The fourth-order valence-electron chi connectivity index (χ4n) is 10.4. The van der Waals surface area contributed by atoms with Gasteiger partial charge in [-0.15, -0.1) is 11.3 Å². The summed E-state index contributed by atoms with van der Waals surface area (Å²) < 4.78 is 5.11. The molecule has 1 aliphatic carbocycles. The first kappa shape index (κ1) is 32.9. The molecule has 0 unspecified atom stereocenters.